The average molecular weight is 301 g/mol. The Labute approximate surface area is 126 Å². The van der Waals surface area contributed by atoms with E-state index in [1.807, 2.05) is 30.3 Å². The molecule has 1 saturated heterocycles. The van der Waals surface area contributed by atoms with E-state index in [4.69, 9.17) is 9.84 Å². The highest BCUT2D eigenvalue weighted by atomic mass is 16.5. The van der Waals surface area contributed by atoms with E-state index in [1.165, 1.54) is 4.90 Å². The van der Waals surface area contributed by atoms with Crippen LogP contribution in [0.15, 0.2) is 36.4 Å². The van der Waals surface area contributed by atoms with Gasteiger partial charge in [-0.25, -0.2) is 4.79 Å². The van der Waals surface area contributed by atoms with Gasteiger partial charge in [-0.1, -0.05) is 30.3 Å². The predicted molar refractivity (Wildman–Crippen MR) is 77.3 cm³/mol. The third kappa shape index (κ3) is 2.84. The molecule has 0 spiro atoms. The molecule has 1 aliphatic heterocycles. The normalized spacial score (nSPS) is 18.2. The number of aromatic nitrogens is 2. The minimum atomic E-state index is -1.06. The van der Waals surface area contributed by atoms with Gasteiger partial charge in [-0.3, -0.25) is 9.89 Å². The molecule has 1 amide bonds. The van der Waals surface area contributed by atoms with Gasteiger partial charge in [0.15, 0.2) is 6.10 Å². The Morgan fingerprint density at radius 2 is 2.09 bits per heavy atom. The van der Waals surface area contributed by atoms with E-state index in [9.17, 15) is 9.59 Å². The monoisotopic (exact) mass is 301 g/mol. The van der Waals surface area contributed by atoms with Gasteiger partial charge in [-0.05, 0) is 6.07 Å². The van der Waals surface area contributed by atoms with E-state index in [-0.39, 0.29) is 19.1 Å². The molecule has 22 heavy (non-hydrogen) atoms. The van der Waals surface area contributed by atoms with Crippen LogP contribution in [0.2, 0.25) is 0 Å². The summed E-state index contributed by atoms with van der Waals surface area (Å²) in [6, 6.07) is 11.2. The van der Waals surface area contributed by atoms with Crippen LogP contribution in [0.1, 0.15) is 10.5 Å². The number of amides is 1. The lowest BCUT2D eigenvalue weighted by molar-refractivity contribution is -0.154. The first-order valence-electron chi connectivity index (χ1n) is 6.89. The first-order chi connectivity index (χ1) is 10.6. The Morgan fingerprint density at radius 3 is 2.82 bits per heavy atom. The van der Waals surface area contributed by atoms with Crippen molar-refractivity contribution in [3.63, 3.8) is 0 Å². The Morgan fingerprint density at radius 1 is 1.32 bits per heavy atom. The summed E-state index contributed by atoms with van der Waals surface area (Å²) < 4.78 is 5.11. The second-order valence-corrected chi connectivity index (χ2v) is 4.98. The van der Waals surface area contributed by atoms with E-state index in [2.05, 4.69) is 10.2 Å². The van der Waals surface area contributed by atoms with Crippen LogP contribution in [0.25, 0.3) is 11.3 Å². The highest BCUT2D eigenvalue weighted by molar-refractivity contribution is 5.93. The fraction of sp³-hybridized carbons (Fsp3) is 0.267. The molecule has 0 saturated carbocycles. The Balaban J connectivity index is 1.76. The highest BCUT2D eigenvalue weighted by Gasteiger charge is 2.30. The lowest BCUT2D eigenvalue weighted by Gasteiger charge is -2.30. The van der Waals surface area contributed by atoms with Crippen LogP contribution < -0.4 is 0 Å². The number of nitrogens with one attached hydrogen (secondary N) is 1. The second kappa shape index (κ2) is 5.98. The first-order valence-corrected chi connectivity index (χ1v) is 6.89. The van der Waals surface area contributed by atoms with Crippen LogP contribution in [0.3, 0.4) is 0 Å². The summed E-state index contributed by atoms with van der Waals surface area (Å²) in [6.45, 7) is 0.610. The largest absolute Gasteiger partial charge is 0.479 e. The molecule has 2 heterocycles. The summed E-state index contributed by atoms with van der Waals surface area (Å²) in [5, 5.41) is 15.8. The molecule has 1 aromatic carbocycles. The fourth-order valence-corrected chi connectivity index (χ4v) is 2.34. The summed E-state index contributed by atoms with van der Waals surface area (Å²) in [5.74, 6) is -1.34. The number of morpholine rings is 1. The minimum absolute atomic E-state index is 0.0356. The summed E-state index contributed by atoms with van der Waals surface area (Å²) in [5.41, 5.74) is 1.92. The van der Waals surface area contributed by atoms with Crippen LogP contribution in [0.5, 0.6) is 0 Å². The van der Waals surface area contributed by atoms with Gasteiger partial charge in [0.2, 0.25) is 0 Å². The number of ether oxygens (including phenoxy) is 1. The number of aliphatic carboxylic acids is 1. The number of carbonyl (C=O) groups excluding carboxylic acids is 1. The van der Waals surface area contributed by atoms with Crippen LogP contribution in [0, 0.1) is 0 Å². The number of nitrogens with zero attached hydrogens (tertiary/aromatic N) is 2. The zero-order chi connectivity index (χ0) is 15.5. The Hall–Kier alpha value is -2.67. The molecule has 2 aromatic rings. The van der Waals surface area contributed by atoms with Crippen molar-refractivity contribution in [2.45, 2.75) is 6.10 Å². The lowest BCUT2D eigenvalue weighted by Crippen LogP contribution is -2.48. The molecule has 1 aromatic heterocycles. The van der Waals surface area contributed by atoms with Crippen molar-refractivity contribution in [3.8, 4) is 11.3 Å². The van der Waals surface area contributed by atoms with Crippen LogP contribution >= 0.6 is 0 Å². The van der Waals surface area contributed by atoms with E-state index < -0.39 is 12.1 Å². The minimum Gasteiger partial charge on any atom is -0.479 e. The maximum absolute atomic E-state index is 12.4. The molecule has 2 N–H and O–H groups in total. The number of carboxylic acids is 1. The van der Waals surface area contributed by atoms with Gasteiger partial charge in [0.1, 0.15) is 5.69 Å². The summed E-state index contributed by atoms with van der Waals surface area (Å²) in [4.78, 5) is 24.8. The molecular weight excluding hydrogens is 286 g/mol. The Kier molecular flexibility index (Phi) is 3.88. The molecule has 0 bridgehead atoms. The molecule has 1 aliphatic rings. The second-order valence-electron chi connectivity index (χ2n) is 4.98. The molecule has 114 valence electrons. The summed E-state index contributed by atoms with van der Waals surface area (Å²) in [7, 11) is 0. The van der Waals surface area contributed by atoms with E-state index in [0.29, 0.717) is 17.9 Å². The molecule has 1 fully saturated rings. The van der Waals surface area contributed by atoms with Gasteiger partial charge in [-0.15, -0.1) is 0 Å². The van der Waals surface area contributed by atoms with Crippen molar-refractivity contribution in [3.05, 3.63) is 42.1 Å². The topological polar surface area (TPSA) is 95.5 Å². The van der Waals surface area contributed by atoms with E-state index in [1.54, 1.807) is 6.07 Å². The van der Waals surface area contributed by atoms with Gasteiger partial charge in [0, 0.05) is 12.1 Å². The van der Waals surface area contributed by atoms with Crippen LogP contribution in [0.4, 0.5) is 0 Å². The fourth-order valence-electron chi connectivity index (χ4n) is 2.34. The zero-order valence-corrected chi connectivity index (χ0v) is 11.7. The SMILES string of the molecule is O=C(O)C1CN(C(=O)c2cc(-c3ccccc3)n[nH]2)CCO1. The van der Waals surface area contributed by atoms with Crippen molar-refractivity contribution in [2.24, 2.45) is 0 Å². The number of hydrogen-bond acceptors (Lipinski definition) is 4. The molecule has 3 rings (SSSR count). The van der Waals surface area contributed by atoms with Gasteiger partial charge in [0.05, 0.1) is 18.8 Å². The summed E-state index contributed by atoms with van der Waals surface area (Å²) in [6.07, 6.45) is -0.978. The van der Waals surface area contributed by atoms with Crippen LogP contribution in [-0.4, -0.2) is 57.9 Å². The molecule has 1 unspecified atom stereocenters. The zero-order valence-electron chi connectivity index (χ0n) is 11.7. The molecule has 7 nitrogen and oxygen atoms in total. The Bertz CT molecular complexity index is 683. The summed E-state index contributed by atoms with van der Waals surface area (Å²) >= 11 is 0. The van der Waals surface area contributed by atoms with Gasteiger partial charge < -0.3 is 14.7 Å². The molecule has 7 heteroatoms. The van der Waals surface area contributed by atoms with Gasteiger partial charge in [-0.2, -0.15) is 5.10 Å². The number of H-pyrrole nitrogens is 1. The van der Waals surface area contributed by atoms with Crippen molar-refractivity contribution in [2.75, 3.05) is 19.7 Å². The molecule has 0 radical (unpaired) electrons. The van der Waals surface area contributed by atoms with Gasteiger partial charge >= 0.3 is 5.97 Å². The third-order valence-electron chi connectivity index (χ3n) is 3.51. The number of hydrogen-bond donors (Lipinski definition) is 2. The quantitative estimate of drug-likeness (QED) is 0.882. The number of rotatable bonds is 3. The average Bonchev–Trinajstić information content (AvgIpc) is 3.05. The first kappa shape index (κ1) is 14.3. The molecule has 0 aliphatic carbocycles. The smallest absolute Gasteiger partial charge is 0.334 e. The lowest BCUT2D eigenvalue weighted by atomic mass is 10.1. The van der Waals surface area contributed by atoms with Crippen molar-refractivity contribution >= 4 is 11.9 Å². The maximum Gasteiger partial charge on any atom is 0.334 e. The third-order valence-corrected chi connectivity index (χ3v) is 3.51. The van der Waals surface area contributed by atoms with Crippen LogP contribution in [-0.2, 0) is 9.53 Å². The van der Waals surface area contributed by atoms with Crippen molar-refractivity contribution in [1.29, 1.82) is 0 Å². The molecular formula is C15H15N3O4. The van der Waals surface area contributed by atoms with Crippen molar-refractivity contribution < 1.29 is 19.4 Å². The predicted octanol–water partition coefficient (Wildman–Crippen LogP) is 1.00. The van der Waals surface area contributed by atoms with E-state index in [0.717, 1.165) is 5.56 Å². The number of carboxylic acid groups (broad SMARTS) is 1. The van der Waals surface area contributed by atoms with Crippen molar-refractivity contribution in [1.82, 2.24) is 15.1 Å². The number of aromatic amines is 1. The number of benzene rings is 1. The molecule has 1 atom stereocenters. The van der Waals surface area contributed by atoms with Gasteiger partial charge in [0.25, 0.3) is 5.91 Å². The van der Waals surface area contributed by atoms with E-state index >= 15 is 0 Å². The maximum atomic E-state index is 12.4. The highest BCUT2D eigenvalue weighted by Crippen LogP contribution is 2.18. The standard InChI is InChI=1S/C15H15N3O4/c19-14(18-6-7-22-13(9-18)15(20)21)12-8-11(16-17-12)10-4-2-1-3-5-10/h1-5,8,13H,6-7,9H2,(H,16,17)(H,20,21). The number of carbonyl (C=O) groups is 2.